The number of nitrogens with zero attached hydrogens (tertiary/aromatic N) is 3. The average Bonchev–Trinajstić information content (AvgIpc) is 2.80. The number of anilines is 1. The molecule has 1 aliphatic rings. The lowest BCUT2D eigenvalue weighted by Crippen LogP contribution is -2.37. The first-order valence-electron chi connectivity index (χ1n) is 7.42. The summed E-state index contributed by atoms with van der Waals surface area (Å²) >= 11 is 3.44. The Labute approximate surface area is 132 Å². The van der Waals surface area contributed by atoms with E-state index < -0.39 is 5.60 Å². The van der Waals surface area contributed by atoms with E-state index in [4.69, 9.17) is 0 Å². The van der Waals surface area contributed by atoms with Gasteiger partial charge in [0, 0.05) is 6.04 Å². The molecule has 0 spiro atoms. The van der Waals surface area contributed by atoms with E-state index in [1.807, 2.05) is 26.0 Å². The normalized spacial score (nSPS) is 23.4. The Balaban J connectivity index is 1.65. The van der Waals surface area contributed by atoms with Gasteiger partial charge in [-0.15, -0.1) is 5.10 Å². The molecule has 2 N–H and O–H groups in total. The molecule has 2 heterocycles. The second-order valence-electron chi connectivity index (χ2n) is 6.42. The Bertz CT molecular complexity index is 626. The van der Waals surface area contributed by atoms with Crippen molar-refractivity contribution in [1.82, 2.24) is 14.6 Å². The van der Waals surface area contributed by atoms with E-state index >= 15 is 0 Å². The molecule has 1 fully saturated rings. The molecule has 0 unspecified atom stereocenters. The second-order valence-corrected chi connectivity index (χ2v) is 7.23. The number of aliphatic hydroxyl groups is 1. The van der Waals surface area contributed by atoms with E-state index in [0.717, 1.165) is 41.8 Å². The van der Waals surface area contributed by atoms with Crippen LogP contribution in [0.25, 0.3) is 5.65 Å². The maximum Gasteiger partial charge on any atom is 0.154 e. The molecule has 5 nitrogen and oxygen atoms in total. The molecule has 0 atom stereocenters. The monoisotopic (exact) mass is 352 g/mol. The zero-order chi connectivity index (χ0) is 15.0. The average molecular weight is 353 g/mol. The number of hydrogen-bond donors (Lipinski definition) is 2. The summed E-state index contributed by atoms with van der Waals surface area (Å²) in [6.45, 7) is 3.83. The zero-order valence-corrected chi connectivity index (χ0v) is 14.0. The van der Waals surface area contributed by atoms with Crippen LogP contribution >= 0.6 is 15.9 Å². The van der Waals surface area contributed by atoms with E-state index in [-0.39, 0.29) is 0 Å². The summed E-state index contributed by atoms with van der Waals surface area (Å²) in [7, 11) is 0. The largest absolute Gasteiger partial charge is 0.390 e. The maximum absolute atomic E-state index is 10.1. The van der Waals surface area contributed by atoms with Crippen LogP contribution in [0.15, 0.2) is 22.9 Å². The van der Waals surface area contributed by atoms with Crippen molar-refractivity contribution in [2.75, 3.05) is 5.32 Å². The Morgan fingerprint density at radius 3 is 2.67 bits per heavy atom. The van der Waals surface area contributed by atoms with Crippen LogP contribution in [0, 0.1) is 5.92 Å². The van der Waals surface area contributed by atoms with Gasteiger partial charge in [0.05, 0.1) is 11.8 Å². The van der Waals surface area contributed by atoms with Gasteiger partial charge in [-0.05, 0) is 73.5 Å². The molecule has 114 valence electrons. The minimum atomic E-state index is -0.566. The van der Waals surface area contributed by atoms with Gasteiger partial charge in [0.1, 0.15) is 10.4 Å². The topological polar surface area (TPSA) is 62.5 Å². The lowest BCUT2D eigenvalue weighted by Gasteiger charge is -2.36. The summed E-state index contributed by atoms with van der Waals surface area (Å²) in [6, 6.07) is 4.36. The molecule has 1 aliphatic carbocycles. The van der Waals surface area contributed by atoms with Crippen LogP contribution in [0.4, 0.5) is 5.82 Å². The van der Waals surface area contributed by atoms with Crippen molar-refractivity contribution in [3.63, 3.8) is 0 Å². The van der Waals surface area contributed by atoms with Gasteiger partial charge < -0.3 is 10.4 Å². The van der Waals surface area contributed by atoms with Gasteiger partial charge in [-0.2, -0.15) is 0 Å². The number of aromatic nitrogens is 3. The summed E-state index contributed by atoms with van der Waals surface area (Å²) in [5, 5.41) is 18.1. The third-order valence-electron chi connectivity index (χ3n) is 4.40. The van der Waals surface area contributed by atoms with Gasteiger partial charge in [0.25, 0.3) is 0 Å². The first-order valence-corrected chi connectivity index (χ1v) is 8.22. The Morgan fingerprint density at radius 2 is 2.00 bits per heavy atom. The molecule has 0 bridgehead atoms. The highest BCUT2D eigenvalue weighted by atomic mass is 79.9. The fourth-order valence-electron chi connectivity index (χ4n) is 3.08. The molecule has 3 rings (SSSR count). The van der Waals surface area contributed by atoms with E-state index in [0.29, 0.717) is 12.0 Å². The van der Waals surface area contributed by atoms with E-state index in [1.54, 1.807) is 10.7 Å². The van der Waals surface area contributed by atoms with Gasteiger partial charge in [0.2, 0.25) is 0 Å². The third-order valence-corrected chi connectivity index (χ3v) is 4.94. The molecule has 0 aromatic carbocycles. The fourth-order valence-corrected chi connectivity index (χ4v) is 3.44. The molecule has 2 aromatic rings. The number of imidazole rings is 1. The van der Waals surface area contributed by atoms with Gasteiger partial charge in [-0.1, -0.05) is 0 Å². The second kappa shape index (κ2) is 5.57. The predicted octanol–water partition coefficient (Wildman–Crippen LogP) is 3.23. The molecular weight excluding hydrogens is 332 g/mol. The minimum absolute atomic E-state index is 0.397. The highest BCUT2D eigenvalue weighted by molar-refractivity contribution is 9.10. The summed E-state index contributed by atoms with van der Waals surface area (Å²) in [5.41, 5.74) is 0.266. The smallest absolute Gasteiger partial charge is 0.154 e. The summed E-state index contributed by atoms with van der Waals surface area (Å²) < 4.78 is 2.64. The van der Waals surface area contributed by atoms with Gasteiger partial charge in [-0.25, -0.2) is 9.50 Å². The predicted molar refractivity (Wildman–Crippen MR) is 86.4 cm³/mol. The fraction of sp³-hybridized carbons (Fsp3) is 0.600. The van der Waals surface area contributed by atoms with Crippen molar-refractivity contribution in [3.8, 4) is 0 Å². The third kappa shape index (κ3) is 3.21. The maximum atomic E-state index is 10.1. The number of rotatable bonds is 3. The van der Waals surface area contributed by atoms with Crippen molar-refractivity contribution in [2.24, 2.45) is 5.92 Å². The molecule has 0 radical (unpaired) electrons. The van der Waals surface area contributed by atoms with Crippen molar-refractivity contribution in [3.05, 3.63) is 22.9 Å². The molecule has 0 saturated heterocycles. The van der Waals surface area contributed by atoms with Crippen LogP contribution in [0.3, 0.4) is 0 Å². The van der Waals surface area contributed by atoms with Crippen LogP contribution in [-0.2, 0) is 0 Å². The highest BCUT2D eigenvalue weighted by Gasteiger charge is 2.31. The van der Waals surface area contributed by atoms with Gasteiger partial charge >= 0.3 is 0 Å². The summed E-state index contributed by atoms with van der Waals surface area (Å²) in [4.78, 5) is 4.24. The molecule has 0 aliphatic heterocycles. The first kappa shape index (κ1) is 14.8. The van der Waals surface area contributed by atoms with Crippen LogP contribution in [-0.4, -0.2) is 31.3 Å². The zero-order valence-electron chi connectivity index (χ0n) is 12.4. The molecule has 21 heavy (non-hydrogen) atoms. The number of nitrogens with one attached hydrogen (secondary N) is 1. The Hall–Kier alpha value is -1.14. The van der Waals surface area contributed by atoms with Crippen molar-refractivity contribution in [1.29, 1.82) is 0 Å². The van der Waals surface area contributed by atoms with Crippen LogP contribution < -0.4 is 5.32 Å². The van der Waals surface area contributed by atoms with Gasteiger partial charge in [-0.3, -0.25) is 0 Å². The molecule has 0 amide bonds. The Morgan fingerprint density at radius 1 is 1.29 bits per heavy atom. The van der Waals surface area contributed by atoms with E-state index in [9.17, 15) is 5.11 Å². The van der Waals surface area contributed by atoms with Gasteiger partial charge in [0.15, 0.2) is 5.65 Å². The molecule has 2 aromatic heterocycles. The SMILES string of the molecule is CC(C)(O)[C@H]1CC[C@H](Nc2ccc3ncc(Br)n3n2)CC1. The lowest BCUT2D eigenvalue weighted by molar-refractivity contribution is -0.000404. The summed E-state index contributed by atoms with van der Waals surface area (Å²) in [6.07, 6.45) is 6.00. The van der Waals surface area contributed by atoms with Crippen LogP contribution in [0.5, 0.6) is 0 Å². The van der Waals surface area contributed by atoms with Crippen LogP contribution in [0.2, 0.25) is 0 Å². The molecular formula is C15H21BrN4O. The minimum Gasteiger partial charge on any atom is -0.390 e. The number of halogens is 1. The standard InChI is InChI=1S/C15H21BrN4O/c1-15(2,21)10-3-5-11(6-4-10)18-13-7-8-14-17-9-12(16)20(14)19-13/h7-11,21H,3-6H2,1-2H3,(H,18,19)/t10-,11-. The van der Waals surface area contributed by atoms with Crippen molar-refractivity contribution < 1.29 is 5.11 Å². The highest BCUT2D eigenvalue weighted by Crippen LogP contribution is 2.33. The van der Waals surface area contributed by atoms with Crippen LogP contribution in [0.1, 0.15) is 39.5 Å². The number of hydrogen-bond acceptors (Lipinski definition) is 4. The van der Waals surface area contributed by atoms with Crippen molar-refractivity contribution in [2.45, 2.75) is 51.2 Å². The first-order chi connectivity index (χ1) is 9.93. The molecule has 6 heteroatoms. The Kier molecular flexibility index (Phi) is 3.92. The molecule has 1 saturated carbocycles. The summed E-state index contributed by atoms with van der Waals surface area (Å²) in [5.74, 6) is 1.27. The van der Waals surface area contributed by atoms with E-state index in [2.05, 4.69) is 31.3 Å². The van der Waals surface area contributed by atoms with Crippen molar-refractivity contribution >= 4 is 27.4 Å². The lowest BCUT2D eigenvalue weighted by atomic mass is 9.77. The number of fused-ring (bicyclic) bond motifs is 1. The quantitative estimate of drug-likeness (QED) is 0.889. The van der Waals surface area contributed by atoms with E-state index in [1.165, 1.54) is 0 Å².